The SMILES string of the molecule is CN(C)[C@@H]1c2cc(F)ccc2C[C@H]1O. The van der Waals surface area contributed by atoms with E-state index in [2.05, 4.69) is 0 Å². The zero-order chi connectivity index (χ0) is 10.3. The molecule has 0 saturated carbocycles. The number of hydrogen-bond acceptors (Lipinski definition) is 2. The molecule has 0 radical (unpaired) electrons. The normalized spacial score (nSPS) is 25.5. The van der Waals surface area contributed by atoms with Gasteiger partial charge in [-0.05, 0) is 37.4 Å². The summed E-state index contributed by atoms with van der Waals surface area (Å²) >= 11 is 0. The van der Waals surface area contributed by atoms with Gasteiger partial charge in [0.25, 0.3) is 0 Å². The van der Waals surface area contributed by atoms with Crippen molar-refractivity contribution < 1.29 is 9.50 Å². The van der Waals surface area contributed by atoms with Gasteiger partial charge in [0.15, 0.2) is 0 Å². The van der Waals surface area contributed by atoms with Crippen LogP contribution in [-0.4, -0.2) is 30.2 Å². The predicted molar refractivity (Wildman–Crippen MR) is 52.5 cm³/mol. The molecule has 0 fully saturated rings. The number of aliphatic hydroxyl groups excluding tert-OH is 1. The lowest BCUT2D eigenvalue weighted by Gasteiger charge is -2.23. The summed E-state index contributed by atoms with van der Waals surface area (Å²) < 4.78 is 13.0. The van der Waals surface area contributed by atoms with Crippen LogP contribution in [0, 0.1) is 5.82 Å². The zero-order valence-corrected chi connectivity index (χ0v) is 8.37. The van der Waals surface area contributed by atoms with E-state index in [9.17, 15) is 9.50 Å². The summed E-state index contributed by atoms with van der Waals surface area (Å²) in [7, 11) is 3.79. The number of likely N-dealkylation sites (N-methyl/N-ethyl adjacent to an activating group) is 1. The van der Waals surface area contributed by atoms with Gasteiger partial charge < -0.3 is 10.0 Å². The van der Waals surface area contributed by atoms with Crippen molar-refractivity contribution in [1.82, 2.24) is 4.90 Å². The fourth-order valence-electron chi connectivity index (χ4n) is 2.19. The third-order valence-electron chi connectivity index (χ3n) is 2.78. The van der Waals surface area contributed by atoms with E-state index in [1.807, 2.05) is 19.0 Å². The van der Waals surface area contributed by atoms with E-state index < -0.39 is 6.10 Å². The van der Waals surface area contributed by atoms with Crippen LogP contribution in [0.25, 0.3) is 0 Å². The van der Waals surface area contributed by atoms with Crippen molar-refractivity contribution in [2.75, 3.05) is 14.1 Å². The fourth-order valence-corrected chi connectivity index (χ4v) is 2.19. The smallest absolute Gasteiger partial charge is 0.123 e. The van der Waals surface area contributed by atoms with Gasteiger partial charge in [0.1, 0.15) is 5.82 Å². The first-order valence-electron chi connectivity index (χ1n) is 4.72. The molecule has 0 unspecified atom stereocenters. The van der Waals surface area contributed by atoms with E-state index in [0.29, 0.717) is 6.42 Å². The molecular weight excluding hydrogens is 181 g/mol. The molecule has 0 aliphatic heterocycles. The molecule has 1 N–H and O–H groups in total. The third-order valence-corrected chi connectivity index (χ3v) is 2.78. The maximum atomic E-state index is 13.0. The van der Waals surface area contributed by atoms with E-state index in [1.165, 1.54) is 12.1 Å². The van der Waals surface area contributed by atoms with Crippen LogP contribution in [0.4, 0.5) is 4.39 Å². The Labute approximate surface area is 83.0 Å². The first kappa shape index (κ1) is 9.62. The number of nitrogens with zero attached hydrogens (tertiary/aromatic N) is 1. The van der Waals surface area contributed by atoms with Gasteiger partial charge in [0, 0.05) is 6.42 Å². The Morgan fingerprint density at radius 1 is 1.43 bits per heavy atom. The number of fused-ring (bicyclic) bond motifs is 1. The van der Waals surface area contributed by atoms with Gasteiger partial charge >= 0.3 is 0 Å². The number of hydrogen-bond donors (Lipinski definition) is 1. The second kappa shape index (κ2) is 3.33. The largest absolute Gasteiger partial charge is 0.391 e. The van der Waals surface area contributed by atoms with Crippen LogP contribution in [0.2, 0.25) is 0 Å². The van der Waals surface area contributed by atoms with E-state index in [1.54, 1.807) is 6.07 Å². The van der Waals surface area contributed by atoms with Gasteiger partial charge in [-0.25, -0.2) is 4.39 Å². The van der Waals surface area contributed by atoms with Crippen LogP contribution >= 0.6 is 0 Å². The van der Waals surface area contributed by atoms with Gasteiger partial charge in [-0.2, -0.15) is 0 Å². The summed E-state index contributed by atoms with van der Waals surface area (Å²) in [6.45, 7) is 0. The van der Waals surface area contributed by atoms with Crippen molar-refractivity contribution in [3.63, 3.8) is 0 Å². The summed E-state index contributed by atoms with van der Waals surface area (Å²) in [6, 6.07) is 4.66. The van der Waals surface area contributed by atoms with Crippen LogP contribution in [0.1, 0.15) is 17.2 Å². The van der Waals surface area contributed by atoms with Gasteiger partial charge in [0.05, 0.1) is 12.1 Å². The lowest BCUT2D eigenvalue weighted by atomic mass is 10.1. The quantitative estimate of drug-likeness (QED) is 0.731. The van der Waals surface area contributed by atoms with Crippen molar-refractivity contribution in [3.8, 4) is 0 Å². The van der Waals surface area contributed by atoms with Crippen LogP contribution in [0.3, 0.4) is 0 Å². The first-order valence-corrected chi connectivity index (χ1v) is 4.72. The molecule has 0 saturated heterocycles. The highest BCUT2D eigenvalue weighted by Crippen LogP contribution is 2.34. The second-order valence-electron chi connectivity index (χ2n) is 4.02. The molecule has 2 rings (SSSR count). The van der Waals surface area contributed by atoms with E-state index in [4.69, 9.17) is 0 Å². The van der Waals surface area contributed by atoms with Gasteiger partial charge in [-0.1, -0.05) is 6.07 Å². The molecule has 76 valence electrons. The molecule has 0 bridgehead atoms. The lowest BCUT2D eigenvalue weighted by molar-refractivity contribution is 0.0901. The van der Waals surface area contributed by atoms with Crippen LogP contribution in [-0.2, 0) is 6.42 Å². The standard InChI is InChI=1S/C11H14FNO/c1-13(2)11-9-6-8(12)4-3-7(9)5-10(11)14/h3-4,6,10-11,14H,5H2,1-2H3/t10-,11-/m1/s1. The maximum absolute atomic E-state index is 13.0. The van der Waals surface area contributed by atoms with Gasteiger partial charge in [0.2, 0.25) is 0 Å². The molecule has 3 heteroatoms. The molecule has 1 aliphatic rings. The average molecular weight is 195 g/mol. The topological polar surface area (TPSA) is 23.5 Å². The predicted octanol–water partition coefficient (Wildman–Crippen LogP) is 1.35. The van der Waals surface area contributed by atoms with E-state index in [-0.39, 0.29) is 11.9 Å². The first-order chi connectivity index (χ1) is 6.59. The summed E-state index contributed by atoms with van der Waals surface area (Å²) in [5, 5.41) is 9.81. The van der Waals surface area contributed by atoms with Gasteiger partial charge in [-0.15, -0.1) is 0 Å². The summed E-state index contributed by atoms with van der Waals surface area (Å²) in [5.41, 5.74) is 1.97. The minimum atomic E-state index is -0.415. The molecule has 0 heterocycles. The summed E-state index contributed by atoms with van der Waals surface area (Å²) in [4.78, 5) is 1.93. The molecule has 1 aromatic rings. The molecule has 0 aromatic heterocycles. The molecule has 0 amide bonds. The number of halogens is 1. The number of benzene rings is 1. The lowest BCUT2D eigenvalue weighted by Crippen LogP contribution is -2.27. The third kappa shape index (κ3) is 1.42. The van der Waals surface area contributed by atoms with Crippen molar-refractivity contribution in [3.05, 3.63) is 35.1 Å². The van der Waals surface area contributed by atoms with Crippen LogP contribution in [0.15, 0.2) is 18.2 Å². The van der Waals surface area contributed by atoms with E-state index >= 15 is 0 Å². The van der Waals surface area contributed by atoms with Crippen molar-refractivity contribution in [2.24, 2.45) is 0 Å². The van der Waals surface area contributed by atoms with Crippen molar-refractivity contribution >= 4 is 0 Å². The zero-order valence-electron chi connectivity index (χ0n) is 8.37. The minimum Gasteiger partial charge on any atom is -0.391 e. The van der Waals surface area contributed by atoms with Crippen molar-refractivity contribution in [1.29, 1.82) is 0 Å². The van der Waals surface area contributed by atoms with E-state index in [0.717, 1.165) is 11.1 Å². The van der Waals surface area contributed by atoms with Crippen LogP contribution in [0.5, 0.6) is 0 Å². The Balaban J connectivity index is 2.44. The highest BCUT2D eigenvalue weighted by Gasteiger charge is 2.32. The number of aliphatic hydroxyl groups is 1. The average Bonchev–Trinajstić information content (AvgIpc) is 2.40. The highest BCUT2D eigenvalue weighted by atomic mass is 19.1. The Bertz CT molecular complexity index is 351. The Morgan fingerprint density at radius 3 is 2.79 bits per heavy atom. The Morgan fingerprint density at radius 2 is 2.14 bits per heavy atom. The maximum Gasteiger partial charge on any atom is 0.123 e. The molecule has 14 heavy (non-hydrogen) atoms. The fraction of sp³-hybridized carbons (Fsp3) is 0.455. The summed E-state index contributed by atoms with van der Waals surface area (Å²) in [5.74, 6) is -0.232. The molecular formula is C11H14FNO. The number of rotatable bonds is 1. The molecule has 2 atom stereocenters. The molecule has 2 nitrogen and oxygen atoms in total. The molecule has 0 spiro atoms. The highest BCUT2D eigenvalue weighted by molar-refractivity contribution is 5.36. The molecule has 1 aliphatic carbocycles. The monoisotopic (exact) mass is 195 g/mol. The second-order valence-corrected chi connectivity index (χ2v) is 4.02. The summed E-state index contributed by atoms with van der Waals surface area (Å²) in [6.07, 6.45) is 0.208. The molecule has 1 aromatic carbocycles. The van der Waals surface area contributed by atoms with Crippen LogP contribution < -0.4 is 0 Å². The van der Waals surface area contributed by atoms with Gasteiger partial charge in [-0.3, -0.25) is 0 Å². The van der Waals surface area contributed by atoms with Crippen molar-refractivity contribution in [2.45, 2.75) is 18.6 Å². The Hall–Kier alpha value is -0.930. The minimum absolute atomic E-state index is 0.0688. The Kier molecular flexibility index (Phi) is 2.29.